The van der Waals surface area contributed by atoms with Crippen LogP contribution in [0, 0.1) is 11.8 Å². The third kappa shape index (κ3) is 4.54. The number of amides is 1. The lowest BCUT2D eigenvalue weighted by molar-refractivity contribution is -0.121. The lowest BCUT2D eigenvalue weighted by Crippen LogP contribution is -2.34. The molecule has 3 heteroatoms. The summed E-state index contributed by atoms with van der Waals surface area (Å²) < 4.78 is 0. The first kappa shape index (κ1) is 13.0. The van der Waals surface area contributed by atoms with Crippen LogP contribution in [0.15, 0.2) is 0 Å². The van der Waals surface area contributed by atoms with Gasteiger partial charge < -0.3 is 5.32 Å². The summed E-state index contributed by atoms with van der Waals surface area (Å²) in [7, 11) is 0. The van der Waals surface area contributed by atoms with Crippen LogP contribution < -0.4 is 5.32 Å². The molecule has 0 spiro atoms. The van der Waals surface area contributed by atoms with E-state index in [-0.39, 0.29) is 5.91 Å². The highest BCUT2D eigenvalue weighted by Gasteiger charge is 2.24. The van der Waals surface area contributed by atoms with E-state index >= 15 is 0 Å². The number of hydrogen-bond acceptors (Lipinski definition) is 1. The summed E-state index contributed by atoms with van der Waals surface area (Å²) in [5.74, 6) is 1.68. The topological polar surface area (TPSA) is 29.1 Å². The average Bonchev–Trinajstić information content (AvgIpc) is 2.27. The lowest BCUT2D eigenvalue weighted by atomic mass is 9.80. The van der Waals surface area contributed by atoms with Crippen LogP contribution in [0.1, 0.15) is 45.4 Å². The summed E-state index contributed by atoms with van der Waals surface area (Å²) in [6.07, 6.45) is 6.90. The number of rotatable bonds is 5. The maximum absolute atomic E-state index is 11.4. The van der Waals surface area contributed by atoms with Crippen LogP contribution in [0.5, 0.6) is 0 Å². The molecule has 0 aromatic heterocycles. The summed E-state index contributed by atoms with van der Waals surface area (Å²) in [6.45, 7) is 2.93. The van der Waals surface area contributed by atoms with Gasteiger partial charge in [-0.05, 0) is 31.1 Å². The molecule has 0 heterocycles. The van der Waals surface area contributed by atoms with Crippen molar-refractivity contribution in [2.75, 3.05) is 11.9 Å². The van der Waals surface area contributed by atoms with Gasteiger partial charge in [-0.2, -0.15) is 0 Å². The largest absolute Gasteiger partial charge is 0.356 e. The summed E-state index contributed by atoms with van der Waals surface area (Å²) >= 11 is 3.58. The predicted octanol–water partition coefficient (Wildman–Crippen LogP) is 3.10. The molecule has 1 amide bonds. The zero-order chi connectivity index (χ0) is 11.1. The number of carbonyl (C=O) groups is 1. The maximum Gasteiger partial charge on any atom is 0.219 e. The van der Waals surface area contributed by atoms with E-state index in [9.17, 15) is 4.79 Å². The Labute approximate surface area is 101 Å². The predicted molar refractivity (Wildman–Crippen MR) is 67.2 cm³/mol. The van der Waals surface area contributed by atoms with Crippen LogP contribution >= 0.6 is 15.9 Å². The lowest BCUT2D eigenvalue weighted by Gasteiger charge is -2.30. The molecule has 88 valence electrons. The van der Waals surface area contributed by atoms with Crippen molar-refractivity contribution in [3.05, 3.63) is 0 Å². The summed E-state index contributed by atoms with van der Waals surface area (Å²) in [6, 6.07) is 0. The van der Waals surface area contributed by atoms with Gasteiger partial charge in [0, 0.05) is 18.3 Å². The van der Waals surface area contributed by atoms with Crippen molar-refractivity contribution in [3.8, 4) is 0 Å². The van der Waals surface area contributed by atoms with Crippen molar-refractivity contribution >= 4 is 21.8 Å². The van der Waals surface area contributed by atoms with Crippen LogP contribution in [0.2, 0.25) is 0 Å². The van der Waals surface area contributed by atoms with Crippen LogP contribution in [0.4, 0.5) is 0 Å². The van der Waals surface area contributed by atoms with Crippen molar-refractivity contribution in [1.29, 1.82) is 0 Å². The van der Waals surface area contributed by atoms with Crippen LogP contribution in [0.3, 0.4) is 0 Å². The van der Waals surface area contributed by atoms with Gasteiger partial charge in [0.05, 0.1) is 0 Å². The molecule has 15 heavy (non-hydrogen) atoms. The minimum Gasteiger partial charge on any atom is -0.356 e. The van der Waals surface area contributed by atoms with Crippen molar-refractivity contribution in [3.63, 3.8) is 0 Å². The molecule has 0 aliphatic heterocycles. The zero-order valence-corrected chi connectivity index (χ0v) is 11.2. The molecular weight excluding hydrogens is 254 g/mol. The van der Waals surface area contributed by atoms with Crippen LogP contribution in [-0.4, -0.2) is 17.8 Å². The molecule has 0 bridgehead atoms. The van der Waals surface area contributed by atoms with Gasteiger partial charge in [-0.25, -0.2) is 0 Å². The second-order valence-electron chi connectivity index (χ2n) is 4.51. The Morgan fingerprint density at radius 3 is 2.60 bits per heavy atom. The van der Waals surface area contributed by atoms with Crippen LogP contribution in [0.25, 0.3) is 0 Å². The van der Waals surface area contributed by atoms with Gasteiger partial charge in [0.25, 0.3) is 0 Å². The van der Waals surface area contributed by atoms with E-state index in [1.54, 1.807) is 0 Å². The summed E-state index contributed by atoms with van der Waals surface area (Å²) in [5.41, 5.74) is 0. The fourth-order valence-electron chi connectivity index (χ4n) is 2.32. The molecule has 2 nitrogen and oxygen atoms in total. The van der Waals surface area contributed by atoms with Gasteiger partial charge >= 0.3 is 0 Å². The van der Waals surface area contributed by atoms with Gasteiger partial charge in [0.15, 0.2) is 0 Å². The van der Waals surface area contributed by atoms with E-state index in [1.807, 2.05) is 6.92 Å². The smallest absolute Gasteiger partial charge is 0.219 e. The van der Waals surface area contributed by atoms with E-state index in [2.05, 4.69) is 21.2 Å². The Hall–Kier alpha value is -0.0500. The minimum atomic E-state index is 0.219. The van der Waals surface area contributed by atoms with Gasteiger partial charge in [-0.3, -0.25) is 4.79 Å². The molecule has 1 aliphatic carbocycles. The highest BCUT2D eigenvalue weighted by Crippen LogP contribution is 2.30. The Balaban J connectivity index is 2.26. The quantitative estimate of drug-likeness (QED) is 0.768. The Morgan fingerprint density at radius 1 is 1.33 bits per heavy atom. The highest BCUT2D eigenvalue weighted by atomic mass is 79.9. The van der Waals surface area contributed by atoms with E-state index in [0.29, 0.717) is 12.3 Å². The number of carbonyl (C=O) groups excluding carboxylic acids is 1. The second kappa shape index (κ2) is 7.26. The third-order valence-corrected chi connectivity index (χ3v) is 4.13. The molecule has 1 saturated carbocycles. The molecule has 2 atom stereocenters. The number of halogens is 1. The number of alkyl halides is 1. The molecule has 1 fully saturated rings. The highest BCUT2D eigenvalue weighted by molar-refractivity contribution is 9.09. The number of hydrogen-bond donors (Lipinski definition) is 1. The van der Waals surface area contributed by atoms with Crippen molar-refractivity contribution in [1.82, 2.24) is 5.32 Å². The van der Waals surface area contributed by atoms with Gasteiger partial charge in [-0.15, -0.1) is 0 Å². The first-order chi connectivity index (χ1) is 7.27. The molecule has 1 rings (SSSR count). The Kier molecular flexibility index (Phi) is 6.30. The van der Waals surface area contributed by atoms with E-state index in [4.69, 9.17) is 0 Å². The SMILES string of the molecule is CCCC(=O)NCC1CCCCC1CBr. The monoisotopic (exact) mass is 275 g/mol. The van der Waals surface area contributed by atoms with Gasteiger partial charge in [-0.1, -0.05) is 35.7 Å². The van der Waals surface area contributed by atoms with E-state index in [1.165, 1.54) is 25.7 Å². The number of nitrogens with one attached hydrogen (secondary N) is 1. The minimum absolute atomic E-state index is 0.219. The molecular formula is C12H22BrNO. The first-order valence-corrected chi connectivity index (χ1v) is 7.22. The van der Waals surface area contributed by atoms with E-state index < -0.39 is 0 Å². The Bertz CT molecular complexity index is 196. The fourth-order valence-corrected chi connectivity index (χ4v) is 3.17. The van der Waals surface area contributed by atoms with Crippen molar-refractivity contribution in [2.45, 2.75) is 45.4 Å². The standard InChI is InChI=1S/C12H22BrNO/c1-2-5-12(15)14-9-11-7-4-3-6-10(11)8-13/h10-11H,2-9H2,1H3,(H,14,15). The molecule has 1 aliphatic rings. The Morgan fingerprint density at radius 2 is 2.00 bits per heavy atom. The first-order valence-electron chi connectivity index (χ1n) is 6.10. The molecule has 1 N–H and O–H groups in total. The molecule has 0 radical (unpaired) electrons. The van der Waals surface area contributed by atoms with Crippen molar-refractivity contribution < 1.29 is 4.79 Å². The summed E-state index contributed by atoms with van der Waals surface area (Å²) in [4.78, 5) is 11.4. The zero-order valence-electron chi connectivity index (χ0n) is 9.60. The second-order valence-corrected chi connectivity index (χ2v) is 5.16. The average molecular weight is 276 g/mol. The molecule has 0 saturated heterocycles. The normalized spacial score (nSPS) is 26.3. The maximum atomic E-state index is 11.4. The molecule has 2 unspecified atom stereocenters. The fraction of sp³-hybridized carbons (Fsp3) is 0.917. The molecule has 0 aromatic rings. The third-order valence-electron chi connectivity index (χ3n) is 3.30. The van der Waals surface area contributed by atoms with Crippen LogP contribution in [-0.2, 0) is 4.79 Å². The van der Waals surface area contributed by atoms with Crippen molar-refractivity contribution in [2.24, 2.45) is 11.8 Å². The van der Waals surface area contributed by atoms with E-state index in [0.717, 1.165) is 24.2 Å². The summed E-state index contributed by atoms with van der Waals surface area (Å²) in [5, 5.41) is 4.14. The molecule has 0 aromatic carbocycles. The van der Waals surface area contributed by atoms with Gasteiger partial charge in [0.1, 0.15) is 0 Å². The van der Waals surface area contributed by atoms with Gasteiger partial charge in [0.2, 0.25) is 5.91 Å².